The molecule has 1 amide bonds. The van der Waals surface area contributed by atoms with Gasteiger partial charge in [0.1, 0.15) is 5.75 Å². The number of ether oxygens (including phenoxy) is 1. The lowest BCUT2D eigenvalue weighted by atomic mass is 9.98. The van der Waals surface area contributed by atoms with Gasteiger partial charge in [0.2, 0.25) is 11.8 Å². The van der Waals surface area contributed by atoms with E-state index in [0.29, 0.717) is 25.4 Å². The van der Waals surface area contributed by atoms with Crippen LogP contribution in [-0.2, 0) is 11.2 Å². The number of rotatable bonds is 6. The molecule has 0 saturated carbocycles. The van der Waals surface area contributed by atoms with Crippen LogP contribution in [0.1, 0.15) is 49.4 Å². The van der Waals surface area contributed by atoms with Crippen LogP contribution >= 0.6 is 0 Å². The maximum Gasteiger partial charge on any atom is 0.233 e. The molecule has 3 rings (SSSR count). The van der Waals surface area contributed by atoms with Gasteiger partial charge in [-0.3, -0.25) is 4.79 Å². The molecule has 1 saturated heterocycles. The largest absolute Gasteiger partial charge is 0.497 e. The summed E-state index contributed by atoms with van der Waals surface area (Å²) in [5, 5.41) is 3.98. The molecule has 2 aromatic rings. The first-order valence-corrected chi connectivity index (χ1v) is 8.31. The average molecular weight is 329 g/mol. The lowest BCUT2D eigenvalue weighted by molar-refractivity contribution is -0.135. The quantitative estimate of drug-likeness (QED) is 0.815. The number of carbonyl (C=O) groups is 1. The van der Waals surface area contributed by atoms with Crippen molar-refractivity contribution in [3.8, 4) is 5.75 Å². The van der Waals surface area contributed by atoms with Gasteiger partial charge in [-0.1, -0.05) is 31.1 Å². The Morgan fingerprint density at radius 1 is 1.33 bits per heavy atom. The van der Waals surface area contributed by atoms with E-state index in [-0.39, 0.29) is 17.7 Å². The number of hydrogen-bond acceptors (Lipinski definition) is 5. The third kappa shape index (κ3) is 3.58. The molecule has 0 unspecified atom stereocenters. The predicted molar refractivity (Wildman–Crippen MR) is 89.0 cm³/mol. The van der Waals surface area contributed by atoms with Crippen molar-refractivity contribution in [2.45, 2.75) is 38.5 Å². The lowest BCUT2D eigenvalue weighted by Crippen LogP contribution is -2.48. The highest BCUT2D eigenvalue weighted by Gasteiger charge is 2.35. The smallest absolute Gasteiger partial charge is 0.233 e. The van der Waals surface area contributed by atoms with Gasteiger partial charge in [-0.2, -0.15) is 4.98 Å². The van der Waals surface area contributed by atoms with E-state index in [1.165, 1.54) is 0 Å². The molecular weight excluding hydrogens is 306 g/mol. The van der Waals surface area contributed by atoms with Gasteiger partial charge in [0.15, 0.2) is 5.82 Å². The molecule has 0 bridgehead atoms. The average Bonchev–Trinajstić information content (AvgIpc) is 3.02. The van der Waals surface area contributed by atoms with Crippen LogP contribution in [0.3, 0.4) is 0 Å². The summed E-state index contributed by atoms with van der Waals surface area (Å²) in [5.74, 6) is 2.81. The first-order chi connectivity index (χ1) is 11.6. The van der Waals surface area contributed by atoms with Crippen molar-refractivity contribution in [2.24, 2.45) is 0 Å². The molecule has 1 aliphatic rings. The van der Waals surface area contributed by atoms with E-state index in [4.69, 9.17) is 9.26 Å². The minimum absolute atomic E-state index is 0.172. The van der Waals surface area contributed by atoms with Crippen LogP contribution < -0.4 is 4.74 Å². The van der Waals surface area contributed by atoms with E-state index in [1.807, 2.05) is 43.0 Å². The number of methoxy groups -OCH3 is 1. The second-order valence-electron chi connectivity index (χ2n) is 6.49. The standard InChI is InChI=1S/C18H23N3O3/c1-12(2)17-19-18(24-20-17)14-10-21(11-14)16(22)9-6-13-4-7-15(23-3)8-5-13/h4-5,7-8,12,14H,6,9-11H2,1-3H3. The molecule has 0 N–H and O–H groups in total. The number of likely N-dealkylation sites (tertiary alicyclic amines) is 1. The molecule has 1 fully saturated rings. The summed E-state index contributed by atoms with van der Waals surface area (Å²) in [4.78, 5) is 18.5. The van der Waals surface area contributed by atoms with E-state index in [0.717, 1.165) is 23.6 Å². The molecule has 24 heavy (non-hydrogen) atoms. The molecule has 6 nitrogen and oxygen atoms in total. The van der Waals surface area contributed by atoms with Crippen LogP contribution in [0.2, 0.25) is 0 Å². The molecule has 0 spiro atoms. The topological polar surface area (TPSA) is 68.5 Å². The Bertz CT molecular complexity index is 688. The fourth-order valence-corrected chi connectivity index (χ4v) is 2.69. The van der Waals surface area contributed by atoms with E-state index in [1.54, 1.807) is 7.11 Å². The van der Waals surface area contributed by atoms with Gasteiger partial charge in [-0.25, -0.2) is 0 Å². The molecule has 1 aromatic heterocycles. The minimum Gasteiger partial charge on any atom is -0.497 e. The normalized spacial score (nSPS) is 14.8. The van der Waals surface area contributed by atoms with E-state index in [2.05, 4.69) is 10.1 Å². The Morgan fingerprint density at radius 3 is 2.62 bits per heavy atom. The molecule has 2 heterocycles. The number of amides is 1. The Hall–Kier alpha value is -2.37. The van der Waals surface area contributed by atoms with Gasteiger partial charge >= 0.3 is 0 Å². The summed E-state index contributed by atoms with van der Waals surface area (Å²) in [7, 11) is 1.65. The third-order valence-electron chi connectivity index (χ3n) is 4.34. The molecule has 128 valence electrons. The van der Waals surface area contributed by atoms with Crippen LogP contribution in [0.4, 0.5) is 0 Å². The number of nitrogens with zero attached hydrogens (tertiary/aromatic N) is 3. The fourth-order valence-electron chi connectivity index (χ4n) is 2.69. The van der Waals surface area contributed by atoms with Crippen molar-refractivity contribution in [1.29, 1.82) is 0 Å². The highest BCUT2D eigenvalue weighted by molar-refractivity contribution is 5.77. The zero-order valence-electron chi connectivity index (χ0n) is 14.4. The molecule has 0 radical (unpaired) electrons. The van der Waals surface area contributed by atoms with Crippen molar-refractivity contribution in [1.82, 2.24) is 15.0 Å². The SMILES string of the molecule is COc1ccc(CCC(=O)N2CC(c3nc(C(C)C)no3)C2)cc1. The first kappa shape index (κ1) is 16.5. The maximum atomic E-state index is 12.2. The van der Waals surface area contributed by atoms with Crippen LogP contribution in [0.25, 0.3) is 0 Å². The van der Waals surface area contributed by atoms with E-state index in [9.17, 15) is 4.79 Å². The molecule has 1 aliphatic heterocycles. The number of aromatic nitrogens is 2. The van der Waals surface area contributed by atoms with Crippen LogP contribution in [0.5, 0.6) is 5.75 Å². The Kier molecular flexibility index (Phi) is 4.83. The van der Waals surface area contributed by atoms with Gasteiger partial charge in [-0.15, -0.1) is 0 Å². The molecule has 1 aromatic carbocycles. The second-order valence-corrected chi connectivity index (χ2v) is 6.49. The van der Waals surface area contributed by atoms with Crippen molar-refractivity contribution in [2.75, 3.05) is 20.2 Å². The highest BCUT2D eigenvalue weighted by Crippen LogP contribution is 2.27. The Labute approximate surface area is 141 Å². The fraction of sp³-hybridized carbons (Fsp3) is 0.500. The van der Waals surface area contributed by atoms with Crippen LogP contribution in [-0.4, -0.2) is 41.1 Å². The monoisotopic (exact) mass is 329 g/mol. The molecule has 0 aliphatic carbocycles. The van der Waals surface area contributed by atoms with Crippen molar-refractivity contribution in [3.05, 3.63) is 41.5 Å². The van der Waals surface area contributed by atoms with Gasteiger partial charge in [0, 0.05) is 25.4 Å². The molecule has 0 atom stereocenters. The summed E-state index contributed by atoms with van der Waals surface area (Å²) >= 11 is 0. The van der Waals surface area contributed by atoms with Gasteiger partial charge < -0.3 is 14.2 Å². The predicted octanol–water partition coefficient (Wildman–Crippen LogP) is 2.76. The van der Waals surface area contributed by atoms with Crippen molar-refractivity contribution >= 4 is 5.91 Å². The zero-order chi connectivity index (χ0) is 17.1. The maximum absolute atomic E-state index is 12.2. The third-order valence-corrected chi connectivity index (χ3v) is 4.34. The van der Waals surface area contributed by atoms with Crippen molar-refractivity contribution < 1.29 is 14.1 Å². The first-order valence-electron chi connectivity index (χ1n) is 8.31. The lowest BCUT2D eigenvalue weighted by Gasteiger charge is -2.37. The molecule has 6 heteroatoms. The summed E-state index contributed by atoms with van der Waals surface area (Å²) < 4.78 is 10.4. The summed E-state index contributed by atoms with van der Waals surface area (Å²) in [6.45, 7) is 5.40. The number of aryl methyl sites for hydroxylation is 1. The highest BCUT2D eigenvalue weighted by atomic mass is 16.5. The number of benzene rings is 1. The van der Waals surface area contributed by atoms with Gasteiger partial charge in [0.05, 0.1) is 13.0 Å². The number of carbonyl (C=O) groups excluding carboxylic acids is 1. The van der Waals surface area contributed by atoms with Crippen LogP contribution in [0.15, 0.2) is 28.8 Å². The van der Waals surface area contributed by atoms with Crippen LogP contribution in [0, 0.1) is 0 Å². The second kappa shape index (κ2) is 7.03. The summed E-state index contributed by atoms with van der Waals surface area (Å²) in [6, 6.07) is 7.83. The van der Waals surface area contributed by atoms with Crippen molar-refractivity contribution in [3.63, 3.8) is 0 Å². The zero-order valence-corrected chi connectivity index (χ0v) is 14.4. The van der Waals surface area contributed by atoms with Gasteiger partial charge in [0.25, 0.3) is 0 Å². The summed E-state index contributed by atoms with van der Waals surface area (Å²) in [6.07, 6.45) is 1.25. The summed E-state index contributed by atoms with van der Waals surface area (Å²) in [5.41, 5.74) is 1.14. The Balaban J connectivity index is 1.45. The van der Waals surface area contributed by atoms with E-state index < -0.39 is 0 Å². The van der Waals surface area contributed by atoms with Gasteiger partial charge in [-0.05, 0) is 24.1 Å². The Morgan fingerprint density at radius 2 is 2.04 bits per heavy atom. The number of hydrogen-bond donors (Lipinski definition) is 0. The molecular formula is C18H23N3O3. The minimum atomic E-state index is 0.172. The van der Waals surface area contributed by atoms with E-state index >= 15 is 0 Å².